The van der Waals surface area contributed by atoms with Gasteiger partial charge >= 0.3 is 30.4 Å². The highest BCUT2D eigenvalue weighted by atomic mass is 19.4. The summed E-state index contributed by atoms with van der Waals surface area (Å²) in [7, 11) is 0. The Hall–Kier alpha value is -1.13. The van der Waals surface area contributed by atoms with Gasteiger partial charge in [-0.15, -0.1) is 0 Å². The van der Waals surface area contributed by atoms with Crippen LogP contribution in [0.15, 0.2) is 0 Å². The Kier molecular flexibility index (Phi) is 12.9. The van der Waals surface area contributed by atoms with Gasteiger partial charge < -0.3 is 4.74 Å². The molecule has 0 N–H and O–H groups in total. The van der Waals surface area contributed by atoms with Crippen molar-refractivity contribution in [1.29, 1.82) is 0 Å². The normalized spacial score (nSPS) is 18.6. The minimum absolute atomic E-state index is 0.103. The van der Waals surface area contributed by atoms with Crippen molar-refractivity contribution < 1.29 is 70.6 Å². The lowest BCUT2D eigenvalue weighted by Crippen LogP contribution is -2.56. The molecule has 37 heavy (non-hydrogen) atoms. The van der Waals surface area contributed by atoms with Crippen molar-refractivity contribution in [2.24, 2.45) is 5.92 Å². The van der Waals surface area contributed by atoms with E-state index in [0.717, 1.165) is 0 Å². The lowest BCUT2D eigenvalue weighted by molar-refractivity contribution is -0.291. The average molecular weight is 583 g/mol. The maximum Gasteiger partial charge on any atom is 0.425 e. The van der Waals surface area contributed by atoms with Crippen molar-refractivity contribution >= 4 is 0 Å². The summed E-state index contributed by atoms with van der Waals surface area (Å²) in [5, 5.41) is 0. The Morgan fingerprint density at radius 3 is 1.57 bits per heavy atom. The number of ether oxygens (including phenoxy) is 1. The summed E-state index contributed by atoms with van der Waals surface area (Å²) in [5.74, 6) is -11.6. The van der Waals surface area contributed by atoms with E-state index in [1.807, 2.05) is 0 Å². The van der Waals surface area contributed by atoms with Crippen LogP contribution in [0.2, 0.25) is 0 Å². The van der Waals surface area contributed by atoms with Gasteiger partial charge in [0, 0.05) is 19.5 Å². The van der Waals surface area contributed by atoms with Gasteiger partial charge in [0.25, 0.3) is 6.17 Å². The summed E-state index contributed by atoms with van der Waals surface area (Å²) in [6.45, 7) is -0.665. The van der Waals surface area contributed by atoms with Crippen LogP contribution >= 0.6 is 0 Å². The third kappa shape index (κ3) is 12.1. The molecule has 0 bridgehead atoms. The van der Waals surface area contributed by atoms with Crippen LogP contribution in [0.5, 0.6) is 0 Å². The van der Waals surface area contributed by atoms with E-state index in [-0.39, 0.29) is 31.6 Å². The standard InChI is InChI=1S/C20H28F15NO/c1-4-5-13(10-17(26,27)28)6-8-36(9-7-16(23,24)25)15(22)19(31,32)12(3)37-11(2)18(29,30)14(21)20(33,34)35/h11-15H,4-10H2,1-3H3. The molecule has 0 rings (SSSR count). The van der Waals surface area contributed by atoms with Crippen molar-refractivity contribution in [3.8, 4) is 0 Å². The van der Waals surface area contributed by atoms with E-state index >= 15 is 0 Å². The van der Waals surface area contributed by atoms with Crippen molar-refractivity contribution in [2.75, 3.05) is 13.1 Å². The number of nitrogens with zero attached hydrogens (tertiary/aromatic N) is 1. The van der Waals surface area contributed by atoms with Gasteiger partial charge in [-0.3, -0.25) is 4.90 Å². The second-order valence-electron chi connectivity index (χ2n) is 8.67. The molecule has 0 aromatic carbocycles. The first kappa shape index (κ1) is 35.9. The van der Waals surface area contributed by atoms with Crippen molar-refractivity contribution in [1.82, 2.24) is 4.90 Å². The Bertz CT molecular complexity index is 662. The van der Waals surface area contributed by atoms with E-state index in [9.17, 15) is 65.9 Å². The van der Waals surface area contributed by atoms with Crippen LogP contribution in [0.4, 0.5) is 65.9 Å². The Balaban J connectivity index is 5.73. The predicted octanol–water partition coefficient (Wildman–Crippen LogP) is 8.26. The van der Waals surface area contributed by atoms with Crippen LogP contribution in [0, 0.1) is 5.92 Å². The average Bonchev–Trinajstić information content (AvgIpc) is 2.69. The quantitative estimate of drug-likeness (QED) is 0.142. The third-order valence-electron chi connectivity index (χ3n) is 5.48. The fourth-order valence-electron chi connectivity index (χ4n) is 3.39. The first-order chi connectivity index (χ1) is 16.4. The molecule has 0 aromatic heterocycles. The van der Waals surface area contributed by atoms with Crippen LogP contribution < -0.4 is 0 Å². The lowest BCUT2D eigenvalue weighted by atomic mass is 9.95. The molecule has 2 nitrogen and oxygen atoms in total. The Morgan fingerprint density at radius 1 is 0.676 bits per heavy atom. The molecule has 224 valence electrons. The minimum atomic E-state index is -6.10. The van der Waals surface area contributed by atoms with Crippen molar-refractivity contribution in [2.45, 2.75) is 108 Å². The molecule has 0 aromatic rings. The summed E-state index contributed by atoms with van der Waals surface area (Å²) in [6, 6.07) is 0. The summed E-state index contributed by atoms with van der Waals surface area (Å²) >= 11 is 0. The molecular weight excluding hydrogens is 555 g/mol. The van der Waals surface area contributed by atoms with Crippen LogP contribution in [0.3, 0.4) is 0 Å². The fourth-order valence-corrected chi connectivity index (χ4v) is 3.39. The van der Waals surface area contributed by atoms with Gasteiger partial charge in [-0.2, -0.15) is 48.3 Å². The molecule has 0 aliphatic heterocycles. The van der Waals surface area contributed by atoms with Gasteiger partial charge in [0.2, 0.25) is 6.30 Å². The van der Waals surface area contributed by atoms with Gasteiger partial charge in [0.05, 0.1) is 6.42 Å². The lowest BCUT2D eigenvalue weighted by Gasteiger charge is -2.37. The first-order valence-corrected chi connectivity index (χ1v) is 11.0. The molecule has 0 saturated heterocycles. The van der Waals surface area contributed by atoms with Crippen molar-refractivity contribution in [3.05, 3.63) is 0 Å². The monoisotopic (exact) mass is 583 g/mol. The van der Waals surface area contributed by atoms with Gasteiger partial charge in [-0.25, -0.2) is 17.6 Å². The smallest absolute Gasteiger partial charge is 0.363 e. The second-order valence-corrected chi connectivity index (χ2v) is 8.67. The van der Waals surface area contributed by atoms with E-state index in [0.29, 0.717) is 0 Å². The number of hydrogen-bond acceptors (Lipinski definition) is 2. The Morgan fingerprint density at radius 2 is 1.16 bits per heavy atom. The van der Waals surface area contributed by atoms with Crippen LogP contribution in [0.1, 0.15) is 52.9 Å². The number of hydrogen-bond donors (Lipinski definition) is 0. The summed E-state index contributed by atoms with van der Waals surface area (Å²) < 4.78 is 202. The summed E-state index contributed by atoms with van der Waals surface area (Å²) in [6.07, 6.45) is -34.4. The zero-order chi connectivity index (χ0) is 29.6. The molecule has 0 amide bonds. The minimum Gasteiger partial charge on any atom is -0.363 e. The molecule has 0 saturated carbocycles. The van der Waals surface area contributed by atoms with Crippen LogP contribution in [-0.2, 0) is 4.74 Å². The van der Waals surface area contributed by atoms with Crippen LogP contribution in [0.25, 0.3) is 0 Å². The molecule has 0 fully saturated rings. The summed E-state index contributed by atoms with van der Waals surface area (Å²) in [5.41, 5.74) is 0. The molecule has 0 radical (unpaired) electrons. The topological polar surface area (TPSA) is 12.5 Å². The highest BCUT2D eigenvalue weighted by Crippen LogP contribution is 2.40. The number of rotatable bonds is 15. The molecular formula is C20H28F15NO. The zero-order valence-corrected chi connectivity index (χ0v) is 19.9. The van der Waals surface area contributed by atoms with Gasteiger partial charge in [-0.1, -0.05) is 19.8 Å². The fraction of sp³-hybridized carbons (Fsp3) is 1.00. The highest BCUT2D eigenvalue weighted by molar-refractivity contribution is 4.91. The Labute approximate surface area is 203 Å². The summed E-state index contributed by atoms with van der Waals surface area (Å²) in [4.78, 5) is -0.136. The molecule has 5 unspecified atom stereocenters. The van der Waals surface area contributed by atoms with E-state index < -0.39 is 93.3 Å². The maximum atomic E-state index is 14.8. The van der Waals surface area contributed by atoms with Gasteiger partial charge in [-0.05, 0) is 26.2 Å². The van der Waals surface area contributed by atoms with Crippen LogP contribution in [-0.4, -0.2) is 73.0 Å². The largest absolute Gasteiger partial charge is 0.425 e. The second kappa shape index (κ2) is 13.3. The SMILES string of the molecule is CCCC(CCN(CCC(F)(F)F)C(F)C(F)(F)C(C)OC(C)C(F)(F)C(F)C(F)(F)F)CC(F)(F)F. The molecule has 0 heterocycles. The van der Waals surface area contributed by atoms with Gasteiger partial charge in [0.1, 0.15) is 12.2 Å². The van der Waals surface area contributed by atoms with E-state index in [2.05, 4.69) is 4.74 Å². The van der Waals surface area contributed by atoms with Crippen molar-refractivity contribution in [3.63, 3.8) is 0 Å². The molecule has 0 aliphatic carbocycles. The van der Waals surface area contributed by atoms with E-state index in [1.165, 1.54) is 6.92 Å². The highest BCUT2D eigenvalue weighted by Gasteiger charge is 2.61. The molecule has 0 spiro atoms. The number of alkyl halides is 15. The maximum absolute atomic E-state index is 14.8. The number of halogens is 15. The predicted molar refractivity (Wildman–Crippen MR) is 102 cm³/mol. The molecule has 17 heteroatoms. The molecule has 0 aliphatic rings. The van der Waals surface area contributed by atoms with E-state index in [4.69, 9.17) is 0 Å². The first-order valence-electron chi connectivity index (χ1n) is 11.0. The third-order valence-corrected chi connectivity index (χ3v) is 5.48. The van der Waals surface area contributed by atoms with Gasteiger partial charge in [0.15, 0.2) is 0 Å². The van der Waals surface area contributed by atoms with E-state index in [1.54, 1.807) is 0 Å². The molecule has 5 atom stereocenters. The zero-order valence-electron chi connectivity index (χ0n) is 19.9.